The van der Waals surface area contributed by atoms with Crippen LogP contribution in [0.4, 0.5) is 11.6 Å². The van der Waals surface area contributed by atoms with Crippen molar-refractivity contribution in [2.24, 2.45) is 0 Å². The molecule has 0 radical (unpaired) electrons. The number of hydrogen-bond acceptors (Lipinski definition) is 4. The molecule has 0 aliphatic carbocycles. The van der Waals surface area contributed by atoms with Crippen molar-refractivity contribution in [1.82, 2.24) is 9.97 Å². The van der Waals surface area contributed by atoms with Gasteiger partial charge < -0.3 is 19.8 Å². The second kappa shape index (κ2) is 6.87. The minimum absolute atomic E-state index is 0.726. The predicted molar refractivity (Wildman–Crippen MR) is 90.7 cm³/mol. The molecule has 2 N–H and O–H groups in total. The number of rotatable bonds is 6. The fourth-order valence-corrected chi connectivity index (χ4v) is 2.48. The first-order chi connectivity index (χ1) is 11.3. The summed E-state index contributed by atoms with van der Waals surface area (Å²) in [7, 11) is 3.35. The highest BCUT2D eigenvalue weighted by molar-refractivity contribution is 5.54. The Morgan fingerprint density at radius 2 is 1.70 bits per heavy atom. The molecular formula is C18H19N3O2. The van der Waals surface area contributed by atoms with E-state index in [1.807, 2.05) is 30.3 Å². The first-order valence-corrected chi connectivity index (χ1v) is 7.35. The van der Waals surface area contributed by atoms with Crippen LogP contribution < -0.4 is 14.8 Å². The average Bonchev–Trinajstić information content (AvgIpc) is 3.10. The smallest absolute Gasteiger partial charge is 0.204 e. The van der Waals surface area contributed by atoms with Gasteiger partial charge in [0.2, 0.25) is 5.95 Å². The zero-order valence-corrected chi connectivity index (χ0v) is 13.2. The minimum Gasteiger partial charge on any atom is -0.496 e. The number of H-pyrrole nitrogens is 1. The lowest BCUT2D eigenvalue weighted by atomic mass is 10.0. The number of methoxy groups -OCH3 is 2. The molecule has 3 rings (SSSR count). The number of nitrogens with zero attached hydrogens (tertiary/aromatic N) is 1. The average molecular weight is 309 g/mol. The third kappa shape index (κ3) is 3.45. The summed E-state index contributed by atoms with van der Waals surface area (Å²) in [4.78, 5) is 7.16. The van der Waals surface area contributed by atoms with Gasteiger partial charge in [-0.2, -0.15) is 0 Å². The summed E-state index contributed by atoms with van der Waals surface area (Å²) in [6.45, 7) is 0. The maximum absolute atomic E-state index is 5.45. The topological polar surface area (TPSA) is 59.2 Å². The van der Waals surface area contributed by atoms with Crippen LogP contribution in [0.5, 0.6) is 11.5 Å². The number of nitrogens with one attached hydrogen (secondary N) is 2. The summed E-state index contributed by atoms with van der Waals surface area (Å²) in [5, 5.41) is 3.20. The number of hydrogen-bond donors (Lipinski definition) is 2. The zero-order valence-electron chi connectivity index (χ0n) is 13.2. The van der Waals surface area contributed by atoms with E-state index in [2.05, 4.69) is 27.4 Å². The number of imidazole rings is 1. The Morgan fingerprint density at radius 3 is 2.26 bits per heavy atom. The third-order valence-electron chi connectivity index (χ3n) is 3.63. The number of aromatic amines is 1. The molecule has 5 nitrogen and oxygen atoms in total. The normalized spacial score (nSPS) is 10.3. The molecule has 0 fully saturated rings. The van der Waals surface area contributed by atoms with Crippen molar-refractivity contribution in [3.8, 4) is 11.5 Å². The van der Waals surface area contributed by atoms with Gasteiger partial charge in [0.25, 0.3) is 0 Å². The summed E-state index contributed by atoms with van der Waals surface area (Å²) >= 11 is 0. The molecule has 0 amide bonds. The zero-order chi connectivity index (χ0) is 16.1. The first kappa shape index (κ1) is 15.0. The minimum atomic E-state index is 0.726. The summed E-state index contributed by atoms with van der Waals surface area (Å²) in [5.41, 5.74) is 3.21. The van der Waals surface area contributed by atoms with Gasteiger partial charge in [0.05, 0.1) is 14.2 Å². The molecule has 0 saturated carbocycles. The molecular weight excluding hydrogens is 290 g/mol. The van der Waals surface area contributed by atoms with E-state index in [1.54, 1.807) is 26.6 Å². The molecule has 0 saturated heterocycles. The molecule has 2 aromatic carbocycles. The number of aromatic nitrogens is 2. The monoisotopic (exact) mass is 309 g/mol. The standard InChI is InChI=1S/C18H19N3O2/c1-22-16-4-3-5-17(23-2)15(16)12-13-6-8-14(9-7-13)21-18-19-10-11-20-18/h3-11H,12H2,1-2H3,(H2,19,20,21). The van der Waals surface area contributed by atoms with Gasteiger partial charge in [-0.3, -0.25) is 0 Å². The molecule has 23 heavy (non-hydrogen) atoms. The summed E-state index contributed by atoms with van der Waals surface area (Å²) in [6.07, 6.45) is 4.24. The maximum atomic E-state index is 5.45. The molecule has 118 valence electrons. The molecule has 0 bridgehead atoms. The highest BCUT2D eigenvalue weighted by Gasteiger charge is 2.10. The van der Waals surface area contributed by atoms with E-state index < -0.39 is 0 Å². The van der Waals surface area contributed by atoms with Crippen LogP contribution in [-0.4, -0.2) is 24.2 Å². The van der Waals surface area contributed by atoms with Crippen LogP contribution in [0.25, 0.3) is 0 Å². The number of ether oxygens (including phenoxy) is 2. The highest BCUT2D eigenvalue weighted by atomic mass is 16.5. The quantitative estimate of drug-likeness (QED) is 0.728. The molecule has 0 aliphatic rings. The molecule has 0 spiro atoms. The number of anilines is 2. The molecule has 0 unspecified atom stereocenters. The van der Waals surface area contributed by atoms with E-state index in [0.717, 1.165) is 35.1 Å². The number of benzene rings is 2. The van der Waals surface area contributed by atoms with E-state index in [1.165, 1.54) is 5.56 Å². The maximum Gasteiger partial charge on any atom is 0.204 e. The van der Waals surface area contributed by atoms with E-state index in [9.17, 15) is 0 Å². The molecule has 3 aromatic rings. The Bertz CT molecular complexity index is 730. The Kier molecular flexibility index (Phi) is 4.47. The van der Waals surface area contributed by atoms with Gasteiger partial charge in [0.15, 0.2) is 0 Å². The molecule has 5 heteroatoms. The lowest BCUT2D eigenvalue weighted by Crippen LogP contribution is -1.98. The van der Waals surface area contributed by atoms with Crippen molar-refractivity contribution >= 4 is 11.6 Å². The third-order valence-corrected chi connectivity index (χ3v) is 3.63. The van der Waals surface area contributed by atoms with Crippen LogP contribution in [-0.2, 0) is 6.42 Å². The SMILES string of the molecule is COc1cccc(OC)c1Cc1ccc(Nc2ncc[nH]2)cc1. The summed E-state index contributed by atoms with van der Waals surface area (Å²) in [5.74, 6) is 2.40. The van der Waals surface area contributed by atoms with Gasteiger partial charge in [0, 0.05) is 30.1 Å². The lowest BCUT2D eigenvalue weighted by Gasteiger charge is -2.13. The second-order valence-electron chi connectivity index (χ2n) is 5.08. The Labute approximate surface area is 135 Å². The van der Waals surface area contributed by atoms with Gasteiger partial charge in [0.1, 0.15) is 11.5 Å². The van der Waals surface area contributed by atoms with E-state index >= 15 is 0 Å². The highest BCUT2D eigenvalue weighted by Crippen LogP contribution is 2.30. The molecule has 1 heterocycles. The second-order valence-corrected chi connectivity index (χ2v) is 5.08. The van der Waals surface area contributed by atoms with Gasteiger partial charge in [-0.1, -0.05) is 18.2 Å². The molecule has 0 atom stereocenters. The van der Waals surface area contributed by atoms with Crippen LogP contribution in [0, 0.1) is 0 Å². The van der Waals surface area contributed by atoms with Gasteiger partial charge in [-0.15, -0.1) is 0 Å². The molecule has 1 aromatic heterocycles. The van der Waals surface area contributed by atoms with Crippen molar-refractivity contribution < 1.29 is 9.47 Å². The van der Waals surface area contributed by atoms with Gasteiger partial charge >= 0.3 is 0 Å². The largest absolute Gasteiger partial charge is 0.496 e. The Balaban J connectivity index is 1.78. The lowest BCUT2D eigenvalue weighted by molar-refractivity contribution is 0.387. The summed E-state index contributed by atoms with van der Waals surface area (Å²) < 4.78 is 10.9. The van der Waals surface area contributed by atoms with Crippen LogP contribution in [0.15, 0.2) is 54.9 Å². The Hall–Kier alpha value is -2.95. The molecule has 0 aliphatic heterocycles. The fraction of sp³-hybridized carbons (Fsp3) is 0.167. The van der Waals surface area contributed by atoms with Gasteiger partial charge in [-0.25, -0.2) is 4.98 Å². The predicted octanol–water partition coefficient (Wildman–Crippen LogP) is 3.76. The summed E-state index contributed by atoms with van der Waals surface area (Å²) in [6, 6.07) is 14.0. The van der Waals surface area contributed by atoms with Crippen LogP contribution in [0.1, 0.15) is 11.1 Å². The van der Waals surface area contributed by atoms with E-state index in [0.29, 0.717) is 0 Å². The fourth-order valence-electron chi connectivity index (χ4n) is 2.48. The van der Waals surface area contributed by atoms with E-state index in [-0.39, 0.29) is 0 Å². The van der Waals surface area contributed by atoms with Gasteiger partial charge in [-0.05, 0) is 29.8 Å². The van der Waals surface area contributed by atoms with E-state index in [4.69, 9.17) is 9.47 Å². The van der Waals surface area contributed by atoms with Crippen LogP contribution in [0.3, 0.4) is 0 Å². The van der Waals surface area contributed by atoms with Crippen molar-refractivity contribution in [2.75, 3.05) is 19.5 Å². The Morgan fingerprint density at radius 1 is 1.00 bits per heavy atom. The van der Waals surface area contributed by atoms with Crippen molar-refractivity contribution in [3.63, 3.8) is 0 Å². The van der Waals surface area contributed by atoms with Crippen LogP contribution >= 0.6 is 0 Å². The van der Waals surface area contributed by atoms with Crippen LogP contribution in [0.2, 0.25) is 0 Å². The van der Waals surface area contributed by atoms with Crippen molar-refractivity contribution in [3.05, 3.63) is 66.0 Å². The van der Waals surface area contributed by atoms with Crippen molar-refractivity contribution in [2.45, 2.75) is 6.42 Å². The van der Waals surface area contributed by atoms with Crippen molar-refractivity contribution in [1.29, 1.82) is 0 Å². The first-order valence-electron chi connectivity index (χ1n) is 7.35.